The summed E-state index contributed by atoms with van der Waals surface area (Å²) in [6.07, 6.45) is 1.77. The summed E-state index contributed by atoms with van der Waals surface area (Å²) in [5, 5.41) is 3.41. The van der Waals surface area contributed by atoms with E-state index in [1.807, 2.05) is 42.5 Å². The van der Waals surface area contributed by atoms with Crippen molar-refractivity contribution in [2.75, 3.05) is 30.5 Å². The molecule has 40 heavy (non-hydrogen) atoms. The number of alkyl halides is 1. The van der Waals surface area contributed by atoms with Gasteiger partial charge >= 0.3 is 6.09 Å². The van der Waals surface area contributed by atoms with Gasteiger partial charge in [-0.15, -0.1) is 0 Å². The predicted molar refractivity (Wildman–Crippen MR) is 152 cm³/mol. The molecule has 7 nitrogen and oxygen atoms in total. The van der Waals surface area contributed by atoms with E-state index in [1.54, 1.807) is 35.2 Å². The summed E-state index contributed by atoms with van der Waals surface area (Å²) in [6.45, 7) is 1.59. The highest BCUT2D eigenvalue weighted by Gasteiger charge is 2.43. The molecule has 0 spiro atoms. The lowest BCUT2D eigenvalue weighted by Crippen LogP contribution is -2.49. The Bertz CT molecular complexity index is 1460. The molecule has 2 heterocycles. The van der Waals surface area contributed by atoms with E-state index in [-0.39, 0.29) is 32.0 Å². The Morgan fingerprint density at radius 1 is 0.975 bits per heavy atom. The molecule has 6 rings (SSSR count). The monoisotopic (exact) mass is 563 g/mol. The second-order valence-electron chi connectivity index (χ2n) is 11.0. The highest BCUT2D eigenvalue weighted by atomic mass is 32.2. The van der Waals surface area contributed by atoms with Crippen molar-refractivity contribution in [3.8, 4) is 0 Å². The van der Waals surface area contributed by atoms with Crippen LogP contribution >= 0.6 is 0 Å². The number of nitrogens with one attached hydrogen (secondary N) is 1. The largest absolute Gasteiger partial charge is 0.445 e. The normalized spacial score (nSPS) is 21.6. The van der Waals surface area contributed by atoms with Crippen LogP contribution in [0.3, 0.4) is 0 Å². The molecule has 1 aliphatic carbocycles. The molecule has 1 saturated heterocycles. The van der Waals surface area contributed by atoms with Gasteiger partial charge in [0.2, 0.25) is 0 Å². The Labute approximate surface area is 235 Å². The third-order valence-electron chi connectivity index (χ3n) is 8.31. The molecule has 1 saturated carbocycles. The van der Waals surface area contributed by atoms with E-state index in [1.165, 1.54) is 9.87 Å². The SMILES string of the molecule is O=C(OCc1ccccc1)N1CCC(F)(CN[C@@H]2C[C@H]2c2ccc3c(c2)CCN3S(=O)(=O)c2ccccc2)CC1. The van der Waals surface area contributed by atoms with E-state index in [2.05, 4.69) is 11.4 Å². The van der Waals surface area contributed by atoms with Crippen molar-refractivity contribution in [2.45, 2.75) is 54.8 Å². The summed E-state index contributed by atoms with van der Waals surface area (Å²) < 4.78 is 48.7. The summed E-state index contributed by atoms with van der Waals surface area (Å²) in [7, 11) is -3.59. The van der Waals surface area contributed by atoms with E-state index in [9.17, 15) is 13.2 Å². The van der Waals surface area contributed by atoms with Crippen LogP contribution in [-0.4, -0.2) is 57.3 Å². The lowest BCUT2D eigenvalue weighted by molar-refractivity contribution is 0.0408. The average molecular weight is 564 g/mol. The standard InChI is InChI=1S/C31H34FN3O4S/c32-31(14-17-34(18-15-31)30(36)39-21-23-7-3-1-4-8-23)22-33-28-20-27(28)24-11-12-29-25(19-24)13-16-35(29)40(37,38)26-9-5-2-6-10-26/h1-12,19,27-28,33H,13-18,20-22H2/t27-,28+/m0/s1. The fraction of sp³-hybridized carbons (Fsp3) is 0.387. The lowest BCUT2D eigenvalue weighted by Gasteiger charge is -2.36. The third kappa shape index (κ3) is 5.58. The molecular formula is C31H34FN3O4S. The number of hydrogen-bond acceptors (Lipinski definition) is 5. The number of sulfonamides is 1. The van der Waals surface area contributed by atoms with Crippen LogP contribution in [0.25, 0.3) is 0 Å². The summed E-state index contributed by atoms with van der Waals surface area (Å²) >= 11 is 0. The van der Waals surface area contributed by atoms with Crippen molar-refractivity contribution in [1.29, 1.82) is 0 Å². The minimum absolute atomic E-state index is 0.199. The summed E-state index contributed by atoms with van der Waals surface area (Å²) in [5.41, 5.74) is 2.52. The Morgan fingerprint density at radius 3 is 2.40 bits per heavy atom. The molecule has 2 fully saturated rings. The zero-order valence-electron chi connectivity index (χ0n) is 22.3. The van der Waals surface area contributed by atoms with Gasteiger partial charge in [-0.25, -0.2) is 17.6 Å². The number of fused-ring (bicyclic) bond motifs is 1. The van der Waals surface area contributed by atoms with Crippen LogP contribution in [0.1, 0.15) is 41.9 Å². The Hall–Kier alpha value is -3.43. The number of amides is 1. The molecule has 3 aromatic rings. The van der Waals surface area contributed by atoms with Gasteiger partial charge in [-0.3, -0.25) is 4.31 Å². The van der Waals surface area contributed by atoms with E-state index in [4.69, 9.17) is 4.74 Å². The van der Waals surface area contributed by atoms with Gasteiger partial charge in [0, 0.05) is 51.0 Å². The number of halogens is 1. The van der Waals surface area contributed by atoms with Crippen LogP contribution in [0, 0.1) is 0 Å². The Kier molecular flexibility index (Phi) is 7.27. The van der Waals surface area contributed by atoms with Crippen LogP contribution in [-0.2, 0) is 27.8 Å². The molecule has 3 aliphatic rings. The van der Waals surface area contributed by atoms with Crippen molar-refractivity contribution in [2.24, 2.45) is 0 Å². The van der Waals surface area contributed by atoms with Crippen molar-refractivity contribution < 1.29 is 22.3 Å². The zero-order chi connectivity index (χ0) is 27.7. The first-order valence-electron chi connectivity index (χ1n) is 13.9. The van der Waals surface area contributed by atoms with Gasteiger partial charge in [0.1, 0.15) is 12.3 Å². The molecule has 1 N–H and O–H groups in total. The molecule has 0 radical (unpaired) electrons. The maximum absolute atomic E-state index is 15.5. The predicted octanol–water partition coefficient (Wildman–Crippen LogP) is 5.02. The quantitative estimate of drug-likeness (QED) is 0.416. The fourth-order valence-electron chi connectivity index (χ4n) is 5.77. The number of ether oxygens (including phenoxy) is 1. The fourth-order valence-corrected chi connectivity index (χ4v) is 7.30. The van der Waals surface area contributed by atoms with Crippen LogP contribution in [0.15, 0.2) is 83.8 Å². The Morgan fingerprint density at radius 2 is 1.68 bits per heavy atom. The second-order valence-corrected chi connectivity index (χ2v) is 12.9. The highest BCUT2D eigenvalue weighted by molar-refractivity contribution is 7.92. The summed E-state index contributed by atoms with van der Waals surface area (Å²) in [5.74, 6) is 0.293. The zero-order valence-corrected chi connectivity index (χ0v) is 23.2. The molecular weight excluding hydrogens is 529 g/mol. The first-order valence-corrected chi connectivity index (χ1v) is 15.3. The lowest BCUT2D eigenvalue weighted by atomic mass is 9.93. The molecule has 0 bridgehead atoms. The maximum Gasteiger partial charge on any atom is 0.410 e. The molecule has 9 heteroatoms. The second kappa shape index (κ2) is 10.9. The molecule has 2 aliphatic heterocycles. The van der Waals surface area contributed by atoms with E-state index in [0.29, 0.717) is 36.9 Å². The van der Waals surface area contributed by atoms with Gasteiger partial charge in [-0.05, 0) is 47.7 Å². The number of nitrogens with zero attached hydrogens (tertiary/aromatic N) is 2. The minimum atomic E-state index is -3.59. The van der Waals surface area contributed by atoms with E-state index < -0.39 is 21.8 Å². The number of hydrogen-bond donors (Lipinski definition) is 1. The summed E-state index contributed by atoms with van der Waals surface area (Å²) in [6, 6.07) is 24.3. The summed E-state index contributed by atoms with van der Waals surface area (Å²) in [4.78, 5) is 14.3. The van der Waals surface area contributed by atoms with Crippen LogP contribution in [0.2, 0.25) is 0 Å². The van der Waals surface area contributed by atoms with Gasteiger partial charge in [-0.1, -0.05) is 60.7 Å². The van der Waals surface area contributed by atoms with Crippen molar-refractivity contribution in [3.63, 3.8) is 0 Å². The number of rotatable bonds is 8. The Balaban J connectivity index is 0.988. The van der Waals surface area contributed by atoms with Crippen LogP contribution in [0.4, 0.5) is 14.9 Å². The van der Waals surface area contributed by atoms with Gasteiger partial charge < -0.3 is 15.0 Å². The molecule has 0 unspecified atom stereocenters. The number of likely N-dealkylation sites (tertiary alicyclic amines) is 1. The van der Waals surface area contributed by atoms with Gasteiger partial charge in [0.15, 0.2) is 0 Å². The van der Waals surface area contributed by atoms with Crippen molar-refractivity contribution >= 4 is 21.8 Å². The highest BCUT2D eigenvalue weighted by Crippen LogP contribution is 2.44. The van der Waals surface area contributed by atoms with Gasteiger partial charge in [0.25, 0.3) is 10.0 Å². The first-order chi connectivity index (χ1) is 19.3. The topological polar surface area (TPSA) is 79.0 Å². The van der Waals surface area contributed by atoms with Gasteiger partial charge in [-0.2, -0.15) is 0 Å². The maximum atomic E-state index is 15.5. The van der Waals surface area contributed by atoms with Crippen molar-refractivity contribution in [1.82, 2.24) is 10.2 Å². The van der Waals surface area contributed by atoms with E-state index >= 15 is 4.39 Å². The number of piperidine rings is 1. The van der Waals surface area contributed by atoms with Gasteiger partial charge in [0.05, 0.1) is 10.6 Å². The van der Waals surface area contributed by atoms with Crippen LogP contribution < -0.4 is 9.62 Å². The first kappa shape index (κ1) is 26.8. The van der Waals surface area contributed by atoms with Crippen LogP contribution in [0.5, 0.6) is 0 Å². The average Bonchev–Trinajstić information content (AvgIpc) is 3.64. The number of carbonyl (C=O) groups is 1. The number of anilines is 1. The molecule has 1 amide bonds. The number of carbonyl (C=O) groups excluding carboxylic acids is 1. The van der Waals surface area contributed by atoms with E-state index in [0.717, 1.165) is 23.2 Å². The molecule has 2 atom stereocenters. The number of benzene rings is 3. The molecule has 210 valence electrons. The minimum Gasteiger partial charge on any atom is -0.445 e. The molecule has 3 aromatic carbocycles. The third-order valence-corrected chi connectivity index (χ3v) is 10.1. The molecule has 0 aromatic heterocycles. The smallest absolute Gasteiger partial charge is 0.410 e. The van der Waals surface area contributed by atoms with Crippen molar-refractivity contribution in [3.05, 3.63) is 95.6 Å².